The fourth-order valence-corrected chi connectivity index (χ4v) is 2.78. The molecule has 1 N–H and O–H groups in total. The lowest BCUT2D eigenvalue weighted by Crippen LogP contribution is -2.27. The molecule has 0 atom stereocenters. The molecule has 1 aromatic carbocycles. The Bertz CT molecular complexity index is 443. The minimum absolute atomic E-state index is 0.126. The molecule has 102 valence electrons. The molecule has 0 bridgehead atoms. The number of hydrogen-bond acceptors (Lipinski definition) is 4. The Balaban J connectivity index is 2.31. The summed E-state index contributed by atoms with van der Waals surface area (Å²) < 4.78 is 30.3. The predicted octanol–water partition coefficient (Wildman–Crippen LogP) is 2.12. The molecule has 0 heterocycles. The van der Waals surface area contributed by atoms with Crippen molar-refractivity contribution >= 4 is 21.8 Å². The number of rotatable bonds is 8. The lowest BCUT2D eigenvalue weighted by atomic mass is 10.3. The van der Waals surface area contributed by atoms with Gasteiger partial charge in [-0.3, -0.25) is 0 Å². The molecule has 18 heavy (non-hydrogen) atoms. The van der Waals surface area contributed by atoms with E-state index in [1.807, 2.05) is 31.2 Å². The highest BCUT2D eigenvalue weighted by Gasteiger charge is 2.04. The highest BCUT2D eigenvalue weighted by Crippen LogP contribution is 2.20. The molecule has 0 fully saturated rings. The van der Waals surface area contributed by atoms with E-state index in [-0.39, 0.29) is 5.75 Å². The van der Waals surface area contributed by atoms with Crippen molar-refractivity contribution in [2.24, 2.45) is 0 Å². The van der Waals surface area contributed by atoms with Crippen LogP contribution in [0.3, 0.4) is 0 Å². The van der Waals surface area contributed by atoms with Gasteiger partial charge < -0.3 is 4.74 Å². The molecule has 4 nitrogen and oxygen atoms in total. The summed E-state index contributed by atoms with van der Waals surface area (Å²) in [5.74, 6) is 1.70. The van der Waals surface area contributed by atoms with Gasteiger partial charge >= 0.3 is 0 Å². The molecular weight excluding hydrogens is 270 g/mol. The Morgan fingerprint density at radius 3 is 2.44 bits per heavy atom. The average Bonchev–Trinajstić information content (AvgIpc) is 2.37. The van der Waals surface area contributed by atoms with Crippen LogP contribution in [0.5, 0.6) is 5.75 Å². The lowest BCUT2D eigenvalue weighted by Gasteiger charge is -2.06. The van der Waals surface area contributed by atoms with Crippen LogP contribution in [0.2, 0.25) is 0 Å². The van der Waals surface area contributed by atoms with Crippen molar-refractivity contribution < 1.29 is 13.2 Å². The number of ether oxygens (including phenoxy) is 1. The van der Waals surface area contributed by atoms with Gasteiger partial charge in [0.25, 0.3) is 0 Å². The van der Waals surface area contributed by atoms with Crippen LogP contribution in [-0.2, 0) is 10.0 Å². The smallest absolute Gasteiger partial charge is 0.211 e. The summed E-state index contributed by atoms with van der Waals surface area (Å²) in [6, 6.07) is 7.79. The van der Waals surface area contributed by atoms with E-state index in [0.29, 0.717) is 18.9 Å². The van der Waals surface area contributed by atoms with Crippen LogP contribution in [0.15, 0.2) is 29.2 Å². The van der Waals surface area contributed by atoms with Gasteiger partial charge in [-0.05, 0) is 38.1 Å². The van der Waals surface area contributed by atoms with E-state index >= 15 is 0 Å². The highest BCUT2D eigenvalue weighted by atomic mass is 32.2. The van der Waals surface area contributed by atoms with Crippen LogP contribution >= 0.6 is 11.8 Å². The molecule has 1 rings (SSSR count). The average molecular weight is 289 g/mol. The van der Waals surface area contributed by atoms with E-state index in [1.54, 1.807) is 18.7 Å². The molecule has 1 aromatic rings. The Morgan fingerprint density at radius 1 is 1.22 bits per heavy atom. The third-order valence-electron chi connectivity index (χ3n) is 2.21. The van der Waals surface area contributed by atoms with E-state index in [2.05, 4.69) is 4.72 Å². The second-order valence-electron chi connectivity index (χ2n) is 3.55. The molecule has 0 spiro atoms. The first-order chi connectivity index (χ1) is 8.57. The van der Waals surface area contributed by atoms with Crippen LogP contribution < -0.4 is 9.46 Å². The normalized spacial score (nSPS) is 11.4. The van der Waals surface area contributed by atoms with Gasteiger partial charge in [-0.25, -0.2) is 13.1 Å². The van der Waals surface area contributed by atoms with E-state index in [4.69, 9.17) is 4.74 Å². The van der Waals surface area contributed by atoms with Crippen LogP contribution in [0, 0.1) is 0 Å². The standard InChI is InChI=1S/C12H19NO3S2/c1-3-16-11-5-7-12(8-6-11)17-10-9-13-18(14,15)4-2/h5-8,13H,3-4,9-10H2,1-2H3. The molecule has 0 radical (unpaired) electrons. The lowest BCUT2D eigenvalue weighted by molar-refractivity contribution is 0.340. The maximum Gasteiger partial charge on any atom is 0.211 e. The quantitative estimate of drug-likeness (QED) is 0.588. The Kier molecular flexibility index (Phi) is 6.52. The van der Waals surface area contributed by atoms with Crippen LogP contribution in [0.25, 0.3) is 0 Å². The van der Waals surface area contributed by atoms with Gasteiger partial charge in [0.2, 0.25) is 10.0 Å². The fraction of sp³-hybridized carbons (Fsp3) is 0.500. The maximum atomic E-state index is 11.2. The Hall–Kier alpha value is -0.720. The van der Waals surface area contributed by atoms with Crippen molar-refractivity contribution in [2.45, 2.75) is 18.7 Å². The summed E-state index contributed by atoms with van der Waals surface area (Å²) in [5.41, 5.74) is 0. The van der Waals surface area contributed by atoms with Gasteiger partial charge in [0, 0.05) is 17.2 Å². The minimum atomic E-state index is -3.07. The summed E-state index contributed by atoms with van der Waals surface area (Å²) in [5, 5.41) is 0. The summed E-state index contributed by atoms with van der Waals surface area (Å²) in [6.45, 7) is 4.68. The van der Waals surface area contributed by atoms with E-state index in [0.717, 1.165) is 10.6 Å². The first kappa shape index (κ1) is 15.3. The van der Waals surface area contributed by atoms with Crippen LogP contribution in [0.4, 0.5) is 0 Å². The number of nitrogens with one attached hydrogen (secondary N) is 1. The molecule has 0 aromatic heterocycles. The van der Waals surface area contributed by atoms with Crippen LogP contribution in [0.1, 0.15) is 13.8 Å². The monoisotopic (exact) mass is 289 g/mol. The zero-order valence-electron chi connectivity index (χ0n) is 10.7. The summed E-state index contributed by atoms with van der Waals surface area (Å²) in [6.07, 6.45) is 0. The van der Waals surface area contributed by atoms with Crippen molar-refractivity contribution in [1.29, 1.82) is 0 Å². The summed E-state index contributed by atoms with van der Waals surface area (Å²) in [4.78, 5) is 1.11. The zero-order valence-corrected chi connectivity index (χ0v) is 12.3. The second kappa shape index (κ2) is 7.66. The molecule has 0 amide bonds. The summed E-state index contributed by atoms with van der Waals surface area (Å²) in [7, 11) is -3.07. The van der Waals surface area contributed by atoms with Crippen molar-refractivity contribution in [3.05, 3.63) is 24.3 Å². The molecule has 0 saturated heterocycles. The third-order valence-corrected chi connectivity index (χ3v) is 4.63. The van der Waals surface area contributed by atoms with E-state index in [9.17, 15) is 8.42 Å². The third kappa shape index (κ3) is 5.75. The second-order valence-corrected chi connectivity index (χ2v) is 6.81. The van der Waals surface area contributed by atoms with Gasteiger partial charge in [-0.15, -0.1) is 11.8 Å². The van der Waals surface area contributed by atoms with Gasteiger partial charge in [-0.1, -0.05) is 0 Å². The maximum absolute atomic E-state index is 11.2. The van der Waals surface area contributed by atoms with Crippen molar-refractivity contribution in [1.82, 2.24) is 4.72 Å². The van der Waals surface area contributed by atoms with Gasteiger partial charge in [0.15, 0.2) is 0 Å². The highest BCUT2D eigenvalue weighted by molar-refractivity contribution is 7.99. The number of thioether (sulfide) groups is 1. The largest absolute Gasteiger partial charge is 0.494 e. The topological polar surface area (TPSA) is 55.4 Å². The predicted molar refractivity (Wildman–Crippen MR) is 75.8 cm³/mol. The Labute approximate surface area is 113 Å². The number of benzene rings is 1. The fourth-order valence-electron chi connectivity index (χ4n) is 1.27. The first-order valence-electron chi connectivity index (χ1n) is 5.90. The molecule has 0 aliphatic rings. The van der Waals surface area contributed by atoms with E-state index < -0.39 is 10.0 Å². The van der Waals surface area contributed by atoms with Crippen molar-refractivity contribution in [2.75, 3.05) is 24.7 Å². The van der Waals surface area contributed by atoms with E-state index in [1.165, 1.54) is 0 Å². The van der Waals surface area contributed by atoms with Gasteiger partial charge in [0.1, 0.15) is 5.75 Å². The van der Waals surface area contributed by atoms with Crippen molar-refractivity contribution in [3.63, 3.8) is 0 Å². The molecule has 0 aliphatic carbocycles. The molecule has 0 aliphatic heterocycles. The number of hydrogen-bond donors (Lipinski definition) is 1. The van der Waals surface area contributed by atoms with Gasteiger partial charge in [0.05, 0.1) is 12.4 Å². The molecule has 0 unspecified atom stereocenters. The minimum Gasteiger partial charge on any atom is -0.494 e. The van der Waals surface area contributed by atoms with Crippen LogP contribution in [-0.4, -0.2) is 33.1 Å². The first-order valence-corrected chi connectivity index (χ1v) is 8.54. The Morgan fingerprint density at radius 2 is 1.89 bits per heavy atom. The zero-order chi connectivity index (χ0) is 13.4. The van der Waals surface area contributed by atoms with Crippen molar-refractivity contribution in [3.8, 4) is 5.75 Å². The SMILES string of the molecule is CCOc1ccc(SCCNS(=O)(=O)CC)cc1. The molecule has 6 heteroatoms. The molecule has 0 saturated carbocycles. The van der Waals surface area contributed by atoms with Gasteiger partial charge in [-0.2, -0.15) is 0 Å². The molecular formula is C12H19NO3S2. The summed E-state index contributed by atoms with van der Waals surface area (Å²) >= 11 is 1.62. The number of sulfonamides is 1.